The predicted octanol–water partition coefficient (Wildman–Crippen LogP) is 7.37. The molecule has 0 fully saturated rings. The van der Waals surface area contributed by atoms with Gasteiger partial charge >= 0.3 is 24.8 Å². The number of unbranched alkanes of at least 4 members (excludes halogenated alkanes) is 14. The van der Waals surface area contributed by atoms with Crippen LogP contribution in [-0.2, 0) is 26.5 Å². The first kappa shape index (κ1) is 46.2. The number of halogens is 4. The molecular formula is C18H41Cl4LiO2Ti. The van der Waals surface area contributed by atoms with E-state index in [2.05, 4.69) is 6.92 Å². The Hall–Kier alpha value is 1.94. The molecule has 0 aliphatic heterocycles. The molecule has 158 valence electrons. The molecule has 0 spiro atoms. The number of hydrogen-bond acceptors (Lipinski definition) is 1. The third-order valence-electron chi connectivity index (χ3n) is 3.99. The van der Waals surface area contributed by atoms with Crippen LogP contribution in [0.5, 0.6) is 0 Å². The summed E-state index contributed by atoms with van der Waals surface area (Å²) in [6, 6.07) is 0. The zero-order chi connectivity index (χ0) is 14.9. The monoisotopic (exact) mass is 484 g/mol. The van der Waals surface area contributed by atoms with Gasteiger partial charge in [0.05, 0.1) is 0 Å². The summed E-state index contributed by atoms with van der Waals surface area (Å²) in [6.45, 7) is 2.27. The number of aliphatic carboxylic acids is 1. The van der Waals surface area contributed by atoms with Gasteiger partial charge in [-0.1, -0.05) is 96.8 Å². The zero-order valence-electron chi connectivity index (χ0n) is 15.8. The Labute approximate surface area is 214 Å². The Bertz CT molecular complexity index is 229. The van der Waals surface area contributed by atoms with Crippen LogP contribution < -0.4 is 0 Å². The summed E-state index contributed by atoms with van der Waals surface area (Å²) in [7, 11) is 0. The van der Waals surface area contributed by atoms with Gasteiger partial charge in [-0.05, 0) is 6.42 Å². The van der Waals surface area contributed by atoms with E-state index in [9.17, 15) is 4.79 Å². The molecule has 0 aromatic carbocycles. The molecule has 0 rings (SSSR count). The fourth-order valence-electron chi connectivity index (χ4n) is 2.65. The SMILES string of the molecule is CCCCCCCCCCCCCCCCCC(=O)O.Cl.Cl.Cl.Cl.[LiH].[Ti]. The van der Waals surface area contributed by atoms with Gasteiger partial charge in [0.1, 0.15) is 0 Å². The van der Waals surface area contributed by atoms with Crippen molar-refractivity contribution in [1.82, 2.24) is 0 Å². The molecule has 0 aliphatic rings. The fraction of sp³-hybridized carbons (Fsp3) is 0.944. The van der Waals surface area contributed by atoms with Crippen molar-refractivity contribution in [3.05, 3.63) is 0 Å². The molecule has 2 nitrogen and oxygen atoms in total. The third kappa shape index (κ3) is 45.0. The quantitative estimate of drug-likeness (QED) is 0.183. The first-order valence-electron chi connectivity index (χ1n) is 8.99. The first-order chi connectivity index (χ1) is 9.77. The molecule has 0 aliphatic carbocycles. The maximum absolute atomic E-state index is 10.3. The summed E-state index contributed by atoms with van der Waals surface area (Å²) in [5, 5.41) is 8.52. The molecule has 0 atom stereocenters. The maximum atomic E-state index is 10.3. The van der Waals surface area contributed by atoms with Crippen LogP contribution in [0.3, 0.4) is 0 Å². The normalized spacial score (nSPS) is 8.35. The van der Waals surface area contributed by atoms with E-state index in [0.29, 0.717) is 6.42 Å². The van der Waals surface area contributed by atoms with Gasteiger partial charge in [0.2, 0.25) is 0 Å². The smallest absolute Gasteiger partial charge is 0 e. The Morgan fingerprint density at radius 3 is 1.04 bits per heavy atom. The molecule has 0 radical (unpaired) electrons. The minimum atomic E-state index is -0.653. The molecule has 0 amide bonds. The molecule has 0 aromatic rings. The first-order valence-corrected chi connectivity index (χ1v) is 8.99. The number of rotatable bonds is 16. The average molecular weight is 486 g/mol. The van der Waals surface area contributed by atoms with Crippen LogP contribution in [0.4, 0.5) is 0 Å². The van der Waals surface area contributed by atoms with Crippen molar-refractivity contribution >= 4 is 74.5 Å². The Morgan fingerprint density at radius 2 is 0.808 bits per heavy atom. The van der Waals surface area contributed by atoms with Crippen molar-refractivity contribution in [3.63, 3.8) is 0 Å². The van der Waals surface area contributed by atoms with E-state index in [0.717, 1.165) is 12.8 Å². The minimum absolute atomic E-state index is 0. The number of hydrogen-bond donors (Lipinski definition) is 1. The van der Waals surface area contributed by atoms with Gasteiger partial charge in [0.25, 0.3) is 0 Å². The average Bonchev–Trinajstić information content (AvgIpc) is 2.43. The predicted molar refractivity (Wildman–Crippen MR) is 123 cm³/mol. The minimum Gasteiger partial charge on any atom is 0 e. The van der Waals surface area contributed by atoms with Gasteiger partial charge in [-0.25, -0.2) is 0 Å². The standard InChI is InChI=1S/C18H36O2.4ClH.Li.Ti.H/c1-2-3-4-5-6-7-8-9-10-11-12-13-14-15-16-17-18(19)20;;;;;;;/h2-17H2,1H3,(H,19,20);4*1H;;;. The van der Waals surface area contributed by atoms with E-state index in [1.54, 1.807) is 0 Å². The Kier molecular flexibility index (Phi) is 73.5. The number of carbonyl (C=O) groups is 1. The Morgan fingerprint density at radius 1 is 0.577 bits per heavy atom. The second-order valence-corrected chi connectivity index (χ2v) is 6.09. The third-order valence-corrected chi connectivity index (χ3v) is 3.99. The molecule has 1 N–H and O–H groups in total. The van der Waals surface area contributed by atoms with Gasteiger partial charge in [0, 0.05) is 28.1 Å². The fourth-order valence-corrected chi connectivity index (χ4v) is 2.65. The molecule has 26 heavy (non-hydrogen) atoms. The van der Waals surface area contributed by atoms with Crippen molar-refractivity contribution < 1.29 is 31.6 Å². The second kappa shape index (κ2) is 41.3. The van der Waals surface area contributed by atoms with Crippen molar-refractivity contribution in [2.75, 3.05) is 0 Å². The van der Waals surface area contributed by atoms with Gasteiger partial charge in [-0.15, -0.1) is 49.6 Å². The molecule has 0 saturated carbocycles. The van der Waals surface area contributed by atoms with Crippen LogP contribution in [0.25, 0.3) is 0 Å². The summed E-state index contributed by atoms with van der Waals surface area (Å²) in [5.41, 5.74) is 0. The summed E-state index contributed by atoms with van der Waals surface area (Å²) in [5.74, 6) is -0.653. The van der Waals surface area contributed by atoms with E-state index in [4.69, 9.17) is 5.11 Å². The van der Waals surface area contributed by atoms with E-state index in [1.807, 2.05) is 0 Å². The molecule has 0 aromatic heterocycles. The molecular weight excluding hydrogens is 445 g/mol. The van der Waals surface area contributed by atoms with Crippen molar-refractivity contribution in [2.45, 2.75) is 110 Å². The molecule has 0 bridgehead atoms. The van der Waals surface area contributed by atoms with Crippen molar-refractivity contribution in [1.29, 1.82) is 0 Å². The second-order valence-electron chi connectivity index (χ2n) is 6.09. The maximum Gasteiger partial charge on any atom is 0 e. The van der Waals surface area contributed by atoms with Crippen LogP contribution in [0.2, 0.25) is 0 Å². The summed E-state index contributed by atoms with van der Waals surface area (Å²) in [6.07, 6.45) is 20.2. The van der Waals surface area contributed by atoms with Crippen molar-refractivity contribution in [3.8, 4) is 0 Å². The van der Waals surface area contributed by atoms with E-state index < -0.39 is 5.97 Å². The van der Waals surface area contributed by atoms with E-state index in [1.165, 1.54) is 83.5 Å². The van der Waals surface area contributed by atoms with Crippen LogP contribution in [0.15, 0.2) is 0 Å². The number of carboxylic acid groups (broad SMARTS) is 1. The van der Waals surface area contributed by atoms with E-state index in [-0.39, 0.29) is 90.2 Å². The van der Waals surface area contributed by atoms with E-state index >= 15 is 0 Å². The van der Waals surface area contributed by atoms with Crippen LogP contribution in [0.1, 0.15) is 110 Å². The van der Waals surface area contributed by atoms with Gasteiger partial charge in [-0.3, -0.25) is 4.79 Å². The number of carboxylic acids is 1. The van der Waals surface area contributed by atoms with Crippen LogP contribution in [0, 0.1) is 0 Å². The summed E-state index contributed by atoms with van der Waals surface area (Å²) >= 11 is 0. The van der Waals surface area contributed by atoms with Crippen LogP contribution >= 0.6 is 49.6 Å². The summed E-state index contributed by atoms with van der Waals surface area (Å²) < 4.78 is 0. The topological polar surface area (TPSA) is 37.3 Å². The molecule has 0 saturated heterocycles. The Balaban J connectivity index is -0.000000120. The summed E-state index contributed by atoms with van der Waals surface area (Å²) in [4.78, 5) is 10.3. The zero-order valence-corrected chi connectivity index (χ0v) is 20.6. The largest absolute Gasteiger partial charge is 0 e. The van der Waals surface area contributed by atoms with Crippen molar-refractivity contribution in [2.24, 2.45) is 0 Å². The van der Waals surface area contributed by atoms with Gasteiger partial charge in [0.15, 0.2) is 0 Å². The molecule has 0 unspecified atom stereocenters. The van der Waals surface area contributed by atoms with Crippen LogP contribution in [-0.4, -0.2) is 29.9 Å². The molecule has 0 heterocycles. The van der Waals surface area contributed by atoms with Gasteiger partial charge in [-0.2, -0.15) is 0 Å². The van der Waals surface area contributed by atoms with Gasteiger partial charge < -0.3 is 5.11 Å². The molecule has 8 heteroatoms.